The third-order valence-corrected chi connectivity index (χ3v) is 2.71. The van der Waals surface area contributed by atoms with Crippen molar-refractivity contribution in [2.24, 2.45) is 0 Å². The molecule has 1 rings (SSSR count). The van der Waals surface area contributed by atoms with E-state index in [0.29, 0.717) is 18.0 Å². The summed E-state index contributed by atoms with van der Waals surface area (Å²) in [5.41, 5.74) is -0.268. The first-order valence-electron chi connectivity index (χ1n) is 5.70. The number of ether oxygens (including phenoxy) is 2. The minimum atomic E-state index is -0.990. The van der Waals surface area contributed by atoms with E-state index in [1.54, 1.807) is 33.3 Å². The fraction of sp³-hybridized carbons (Fsp3) is 0.538. The molecule has 0 aliphatic carbocycles. The van der Waals surface area contributed by atoms with E-state index in [-0.39, 0.29) is 0 Å². The molecule has 1 unspecified atom stereocenters. The molecule has 0 saturated heterocycles. The zero-order valence-corrected chi connectivity index (χ0v) is 10.9. The van der Waals surface area contributed by atoms with Crippen molar-refractivity contribution >= 4 is 0 Å². The van der Waals surface area contributed by atoms with Gasteiger partial charge in [0, 0.05) is 12.1 Å². The Bertz CT molecular complexity index is 364. The maximum absolute atomic E-state index is 10.5. The normalized spacial score (nSPS) is 14.2. The largest absolute Gasteiger partial charge is 0.497 e. The van der Waals surface area contributed by atoms with E-state index in [0.717, 1.165) is 12.1 Å². The number of likely N-dealkylation sites (N-methyl/N-ethyl adjacent to an activating group) is 1. The monoisotopic (exact) mass is 239 g/mol. The standard InChI is InChI=1S/C13H21NO3/c1-5-14-9-13(2,15)11-8-10(16-3)6-7-12(11)17-4/h6-8,14-15H,5,9H2,1-4H3. The molecule has 1 aromatic carbocycles. The second-order valence-electron chi connectivity index (χ2n) is 4.12. The van der Waals surface area contributed by atoms with Crippen LogP contribution < -0.4 is 14.8 Å². The minimum Gasteiger partial charge on any atom is -0.497 e. The molecule has 1 aromatic rings. The van der Waals surface area contributed by atoms with Crippen LogP contribution in [0.2, 0.25) is 0 Å². The van der Waals surface area contributed by atoms with Gasteiger partial charge in [-0.3, -0.25) is 0 Å². The Kier molecular flexibility index (Phi) is 4.78. The predicted octanol–water partition coefficient (Wildman–Crippen LogP) is 1.52. The van der Waals surface area contributed by atoms with E-state index in [4.69, 9.17) is 9.47 Å². The lowest BCUT2D eigenvalue weighted by atomic mass is 9.94. The molecule has 0 bridgehead atoms. The third kappa shape index (κ3) is 3.35. The van der Waals surface area contributed by atoms with E-state index >= 15 is 0 Å². The summed E-state index contributed by atoms with van der Waals surface area (Å²) >= 11 is 0. The second-order valence-corrected chi connectivity index (χ2v) is 4.12. The predicted molar refractivity (Wildman–Crippen MR) is 67.7 cm³/mol. The molecule has 96 valence electrons. The molecule has 2 N–H and O–H groups in total. The molecule has 0 amide bonds. The lowest BCUT2D eigenvalue weighted by Crippen LogP contribution is -2.35. The van der Waals surface area contributed by atoms with Crippen molar-refractivity contribution in [2.45, 2.75) is 19.4 Å². The molecule has 1 atom stereocenters. The molecule has 0 fully saturated rings. The van der Waals surface area contributed by atoms with Crippen LogP contribution in [0, 0.1) is 0 Å². The maximum Gasteiger partial charge on any atom is 0.125 e. The Labute approximate surface area is 103 Å². The first-order valence-corrected chi connectivity index (χ1v) is 5.70. The molecular weight excluding hydrogens is 218 g/mol. The van der Waals surface area contributed by atoms with Crippen LogP contribution >= 0.6 is 0 Å². The minimum absolute atomic E-state index is 0.465. The summed E-state index contributed by atoms with van der Waals surface area (Å²) in [6.45, 7) is 5.03. The number of benzene rings is 1. The quantitative estimate of drug-likeness (QED) is 0.790. The van der Waals surface area contributed by atoms with Gasteiger partial charge in [0.2, 0.25) is 0 Å². The van der Waals surface area contributed by atoms with Gasteiger partial charge in [-0.05, 0) is 31.7 Å². The SMILES string of the molecule is CCNCC(C)(O)c1cc(OC)ccc1OC. The Hall–Kier alpha value is -1.26. The fourth-order valence-corrected chi connectivity index (χ4v) is 1.70. The van der Waals surface area contributed by atoms with Crippen molar-refractivity contribution in [1.82, 2.24) is 5.32 Å². The van der Waals surface area contributed by atoms with Crippen molar-refractivity contribution in [3.8, 4) is 11.5 Å². The van der Waals surface area contributed by atoms with Crippen LogP contribution in [0.4, 0.5) is 0 Å². The van der Waals surface area contributed by atoms with E-state index in [9.17, 15) is 5.11 Å². The summed E-state index contributed by atoms with van der Waals surface area (Å²) in [7, 11) is 3.19. The van der Waals surface area contributed by atoms with Gasteiger partial charge in [-0.2, -0.15) is 0 Å². The molecule has 4 nitrogen and oxygen atoms in total. The summed E-state index contributed by atoms with van der Waals surface area (Å²) in [5.74, 6) is 1.37. The van der Waals surface area contributed by atoms with Crippen LogP contribution in [0.25, 0.3) is 0 Å². The van der Waals surface area contributed by atoms with Crippen molar-refractivity contribution < 1.29 is 14.6 Å². The van der Waals surface area contributed by atoms with E-state index in [1.165, 1.54) is 0 Å². The number of aliphatic hydroxyl groups is 1. The first-order chi connectivity index (χ1) is 8.05. The van der Waals surface area contributed by atoms with Gasteiger partial charge in [0.15, 0.2) is 0 Å². The highest BCUT2D eigenvalue weighted by Gasteiger charge is 2.26. The Morgan fingerprint density at radius 3 is 2.53 bits per heavy atom. The smallest absolute Gasteiger partial charge is 0.125 e. The lowest BCUT2D eigenvalue weighted by Gasteiger charge is -2.26. The van der Waals surface area contributed by atoms with Crippen LogP contribution in [0.5, 0.6) is 11.5 Å². The van der Waals surface area contributed by atoms with Gasteiger partial charge in [-0.1, -0.05) is 6.92 Å². The van der Waals surface area contributed by atoms with Crippen LogP contribution in [-0.2, 0) is 5.60 Å². The highest BCUT2D eigenvalue weighted by atomic mass is 16.5. The molecule has 0 aliphatic heterocycles. The fourth-order valence-electron chi connectivity index (χ4n) is 1.70. The molecule has 0 aliphatic rings. The molecule has 0 aromatic heterocycles. The number of methoxy groups -OCH3 is 2. The zero-order valence-electron chi connectivity index (χ0n) is 10.9. The molecule has 0 heterocycles. The molecular formula is C13H21NO3. The van der Waals surface area contributed by atoms with Gasteiger partial charge in [-0.25, -0.2) is 0 Å². The second kappa shape index (κ2) is 5.89. The van der Waals surface area contributed by atoms with Crippen LogP contribution in [0.15, 0.2) is 18.2 Å². The summed E-state index contributed by atoms with van der Waals surface area (Å²) in [5, 5.41) is 13.6. The highest BCUT2D eigenvalue weighted by molar-refractivity contribution is 5.43. The highest BCUT2D eigenvalue weighted by Crippen LogP contribution is 2.32. The van der Waals surface area contributed by atoms with E-state index in [1.807, 2.05) is 13.0 Å². The zero-order chi connectivity index (χ0) is 12.9. The number of hydrogen-bond donors (Lipinski definition) is 2. The Morgan fingerprint density at radius 1 is 1.29 bits per heavy atom. The Morgan fingerprint density at radius 2 is 2.00 bits per heavy atom. The van der Waals surface area contributed by atoms with Crippen LogP contribution in [0.1, 0.15) is 19.4 Å². The van der Waals surface area contributed by atoms with Gasteiger partial charge >= 0.3 is 0 Å². The number of rotatable bonds is 6. The molecule has 4 heteroatoms. The summed E-state index contributed by atoms with van der Waals surface area (Å²) < 4.78 is 10.4. The van der Waals surface area contributed by atoms with Gasteiger partial charge < -0.3 is 19.9 Å². The topological polar surface area (TPSA) is 50.7 Å². The summed E-state index contributed by atoms with van der Waals surface area (Å²) in [4.78, 5) is 0. The molecule has 0 radical (unpaired) electrons. The van der Waals surface area contributed by atoms with E-state index in [2.05, 4.69) is 5.32 Å². The maximum atomic E-state index is 10.5. The van der Waals surface area contributed by atoms with Gasteiger partial charge in [0.1, 0.15) is 17.1 Å². The lowest BCUT2D eigenvalue weighted by molar-refractivity contribution is 0.0547. The van der Waals surface area contributed by atoms with Crippen molar-refractivity contribution in [2.75, 3.05) is 27.3 Å². The van der Waals surface area contributed by atoms with Gasteiger partial charge in [-0.15, -0.1) is 0 Å². The average molecular weight is 239 g/mol. The van der Waals surface area contributed by atoms with Crippen molar-refractivity contribution in [1.29, 1.82) is 0 Å². The Balaban J connectivity index is 3.07. The van der Waals surface area contributed by atoms with Crippen LogP contribution in [-0.4, -0.2) is 32.4 Å². The van der Waals surface area contributed by atoms with Gasteiger partial charge in [0.25, 0.3) is 0 Å². The molecule has 17 heavy (non-hydrogen) atoms. The van der Waals surface area contributed by atoms with Gasteiger partial charge in [0.05, 0.1) is 14.2 Å². The molecule has 0 spiro atoms. The van der Waals surface area contributed by atoms with Crippen molar-refractivity contribution in [3.05, 3.63) is 23.8 Å². The average Bonchev–Trinajstić information content (AvgIpc) is 2.35. The van der Waals surface area contributed by atoms with E-state index < -0.39 is 5.60 Å². The van der Waals surface area contributed by atoms with Crippen molar-refractivity contribution in [3.63, 3.8) is 0 Å². The summed E-state index contributed by atoms with van der Waals surface area (Å²) in [6.07, 6.45) is 0. The third-order valence-electron chi connectivity index (χ3n) is 2.71. The summed E-state index contributed by atoms with van der Waals surface area (Å²) in [6, 6.07) is 5.41. The molecule has 0 saturated carbocycles. The number of nitrogens with one attached hydrogen (secondary N) is 1. The van der Waals surface area contributed by atoms with Crippen LogP contribution in [0.3, 0.4) is 0 Å². The number of hydrogen-bond acceptors (Lipinski definition) is 4. The first kappa shape index (κ1) is 13.8.